The number of Topliss-reactive ketones (excluding diaryl/α,β-unsaturated/α-hetero) is 1. The van der Waals surface area contributed by atoms with Crippen molar-refractivity contribution in [3.05, 3.63) is 23.3 Å². The number of ether oxygens (including phenoxy) is 2. The Kier molecular flexibility index (Phi) is 4.57. The van der Waals surface area contributed by atoms with Crippen molar-refractivity contribution >= 4 is 11.8 Å². The summed E-state index contributed by atoms with van der Waals surface area (Å²) < 4.78 is 12.6. The maximum absolute atomic E-state index is 14.2. The molecule has 6 rings (SSSR count). The molecule has 2 spiro atoms. The first kappa shape index (κ1) is 23.9. The summed E-state index contributed by atoms with van der Waals surface area (Å²) in [5.74, 6) is -0.355. The lowest BCUT2D eigenvalue weighted by Crippen LogP contribution is -2.61. The fourth-order valence-electron chi connectivity index (χ4n) is 10.3. The Morgan fingerprint density at radius 2 is 1.74 bits per heavy atom. The highest BCUT2D eigenvalue weighted by molar-refractivity contribution is 5.92. The number of aliphatic hydroxyl groups excluding tert-OH is 1. The van der Waals surface area contributed by atoms with Crippen molar-refractivity contribution in [2.24, 2.45) is 38.9 Å². The number of allylic oxidation sites excluding steroid dienone is 1. The van der Waals surface area contributed by atoms with Gasteiger partial charge in [0.2, 0.25) is 5.79 Å². The molecule has 0 aromatic carbocycles. The normalized spacial score (nSPS) is 54.3. The van der Waals surface area contributed by atoms with Gasteiger partial charge < -0.3 is 14.6 Å². The second kappa shape index (κ2) is 6.69. The van der Waals surface area contributed by atoms with E-state index in [0.717, 1.165) is 32.1 Å². The number of fused-ring (bicyclic) bond motifs is 6. The first-order valence-electron chi connectivity index (χ1n) is 13.7. The Hall–Kier alpha value is -1.46. The molecule has 0 radical (unpaired) electrons. The lowest BCUT2D eigenvalue weighted by atomic mass is 9.42. The number of aliphatic hydroxyl groups is 1. The summed E-state index contributed by atoms with van der Waals surface area (Å²) in [6, 6.07) is 0. The summed E-state index contributed by atoms with van der Waals surface area (Å²) in [7, 11) is 0. The van der Waals surface area contributed by atoms with Crippen LogP contribution >= 0.6 is 0 Å². The molecule has 0 aromatic rings. The number of esters is 1. The molecule has 192 valence electrons. The maximum Gasteiger partial charge on any atom is 0.336 e. The van der Waals surface area contributed by atoms with Crippen LogP contribution < -0.4 is 0 Å². The zero-order valence-corrected chi connectivity index (χ0v) is 22.5. The molecule has 2 heterocycles. The topological polar surface area (TPSA) is 72.8 Å². The van der Waals surface area contributed by atoms with E-state index in [2.05, 4.69) is 47.6 Å². The molecule has 5 heteroatoms. The van der Waals surface area contributed by atoms with Gasteiger partial charge in [0.15, 0.2) is 0 Å². The van der Waals surface area contributed by atoms with Gasteiger partial charge in [0.1, 0.15) is 5.78 Å². The second-order valence-corrected chi connectivity index (χ2v) is 14.1. The van der Waals surface area contributed by atoms with Crippen molar-refractivity contribution in [1.29, 1.82) is 0 Å². The molecule has 0 unspecified atom stereocenters. The summed E-state index contributed by atoms with van der Waals surface area (Å²) in [6.45, 7) is 15.5. The van der Waals surface area contributed by atoms with E-state index in [4.69, 9.17) is 9.47 Å². The zero-order valence-electron chi connectivity index (χ0n) is 22.5. The van der Waals surface area contributed by atoms with Crippen LogP contribution in [0.3, 0.4) is 0 Å². The van der Waals surface area contributed by atoms with Crippen molar-refractivity contribution in [2.75, 3.05) is 0 Å². The minimum absolute atomic E-state index is 0.161. The van der Waals surface area contributed by atoms with Crippen LogP contribution in [0.15, 0.2) is 23.3 Å². The van der Waals surface area contributed by atoms with Crippen LogP contribution in [-0.2, 0) is 19.1 Å². The number of carbonyl (C=O) groups is 2. The quantitative estimate of drug-likeness (QED) is 0.364. The predicted octanol–water partition coefficient (Wildman–Crippen LogP) is 5.51. The van der Waals surface area contributed by atoms with Gasteiger partial charge in [0.05, 0.1) is 17.6 Å². The van der Waals surface area contributed by atoms with Crippen LogP contribution in [0.25, 0.3) is 0 Å². The Balaban J connectivity index is 1.50. The Morgan fingerprint density at radius 1 is 1.03 bits per heavy atom. The highest BCUT2D eigenvalue weighted by Crippen LogP contribution is 2.78. The Bertz CT molecular complexity index is 1090. The summed E-state index contributed by atoms with van der Waals surface area (Å²) in [5, 5.41) is 10.9. The fraction of sp³-hybridized carbons (Fsp3) is 0.800. The van der Waals surface area contributed by atoms with Gasteiger partial charge in [0, 0.05) is 23.8 Å². The maximum atomic E-state index is 14.2. The molecule has 1 saturated heterocycles. The van der Waals surface area contributed by atoms with E-state index < -0.39 is 11.2 Å². The molecule has 3 saturated carbocycles. The van der Waals surface area contributed by atoms with Gasteiger partial charge in [-0.25, -0.2) is 4.79 Å². The first-order chi connectivity index (χ1) is 16.2. The number of hydrogen-bond donors (Lipinski definition) is 1. The first-order valence-corrected chi connectivity index (χ1v) is 13.7. The molecule has 4 fully saturated rings. The van der Waals surface area contributed by atoms with Crippen molar-refractivity contribution in [3.8, 4) is 0 Å². The van der Waals surface area contributed by atoms with Gasteiger partial charge in [-0.15, -0.1) is 0 Å². The standard InChI is InChI=1S/C30H42O5/c1-17-15-29(35-24(17)33)16-18(2)28(7)23(34-29)14-20-26(28,5)11-10-22(32)30(20)13-8-19-25(3,4)21(31)9-12-27(19,30)6/h14-15,18-19,21,23,31H,8-13,16H2,1-7H3/t18-,19+,21+,23-,26-,27+,28-,29-,30-/m1/s1. The average molecular weight is 483 g/mol. The number of rotatable bonds is 0. The van der Waals surface area contributed by atoms with Gasteiger partial charge in [-0.2, -0.15) is 0 Å². The number of hydrogen-bond acceptors (Lipinski definition) is 5. The minimum Gasteiger partial charge on any atom is -0.426 e. The summed E-state index contributed by atoms with van der Waals surface area (Å²) in [6.07, 6.45) is 9.17. The monoisotopic (exact) mass is 482 g/mol. The predicted molar refractivity (Wildman–Crippen MR) is 132 cm³/mol. The van der Waals surface area contributed by atoms with Crippen molar-refractivity contribution in [3.63, 3.8) is 0 Å². The van der Waals surface area contributed by atoms with E-state index in [1.54, 1.807) is 6.92 Å². The smallest absolute Gasteiger partial charge is 0.336 e. The summed E-state index contributed by atoms with van der Waals surface area (Å²) in [4.78, 5) is 26.5. The lowest BCUT2D eigenvalue weighted by Gasteiger charge is -2.62. The molecular formula is C30H42O5. The molecule has 2 aliphatic heterocycles. The molecule has 4 aliphatic carbocycles. The van der Waals surface area contributed by atoms with Crippen LogP contribution in [0.1, 0.15) is 93.4 Å². The van der Waals surface area contributed by atoms with E-state index in [9.17, 15) is 14.7 Å². The van der Waals surface area contributed by atoms with Crippen molar-refractivity contribution < 1.29 is 24.2 Å². The van der Waals surface area contributed by atoms with Crippen LogP contribution in [-0.4, -0.2) is 34.9 Å². The van der Waals surface area contributed by atoms with Crippen LogP contribution in [0, 0.1) is 38.9 Å². The van der Waals surface area contributed by atoms with E-state index in [0.29, 0.717) is 30.1 Å². The van der Waals surface area contributed by atoms with E-state index >= 15 is 0 Å². The molecule has 5 nitrogen and oxygen atoms in total. The molecule has 0 amide bonds. The molecular weight excluding hydrogens is 440 g/mol. The third kappa shape index (κ3) is 2.48. The zero-order chi connectivity index (χ0) is 25.4. The summed E-state index contributed by atoms with van der Waals surface area (Å²) >= 11 is 0. The van der Waals surface area contributed by atoms with Gasteiger partial charge in [-0.1, -0.05) is 53.2 Å². The second-order valence-electron chi connectivity index (χ2n) is 14.1. The fourth-order valence-corrected chi connectivity index (χ4v) is 10.3. The van der Waals surface area contributed by atoms with Gasteiger partial charge >= 0.3 is 5.97 Å². The largest absolute Gasteiger partial charge is 0.426 e. The Morgan fingerprint density at radius 3 is 2.40 bits per heavy atom. The third-order valence-corrected chi connectivity index (χ3v) is 12.7. The summed E-state index contributed by atoms with van der Waals surface area (Å²) in [5.41, 5.74) is 0.658. The highest BCUT2D eigenvalue weighted by atomic mass is 16.7. The average Bonchev–Trinajstić information content (AvgIpc) is 3.32. The van der Waals surface area contributed by atoms with Gasteiger partial charge in [0.25, 0.3) is 0 Å². The molecule has 9 atom stereocenters. The molecule has 0 aromatic heterocycles. The lowest BCUT2D eigenvalue weighted by molar-refractivity contribution is -0.275. The third-order valence-electron chi connectivity index (χ3n) is 12.7. The molecule has 0 bridgehead atoms. The van der Waals surface area contributed by atoms with E-state index in [1.165, 1.54) is 5.57 Å². The van der Waals surface area contributed by atoms with Crippen molar-refractivity contribution in [2.45, 2.75) is 111 Å². The van der Waals surface area contributed by atoms with Gasteiger partial charge in [-0.3, -0.25) is 4.79 Å². The van der Waals surface area contributed by atoms with Crippen LogP contribution in [0.2, 0.25) is 0 Å². The van der Waals surface area contributed by atoms with Crippen LogP contribution in [0.5, 0.6) is 0 Å². The Labute approximate surface area is 209 Å². The number of ketones is 1. The number of carbonyl (C=O) groups excluding carboxylic acids is 2. The SMILES string of the molecule is CC1=C[C@]2(C[C@@H](C)[C@]3(C)[C@@H](C=C4[C@]5(CC[C@H]6C(C)(C)[C@@H](O)CC[C@@]65C)C(=O)CC[C@]43C)O2)OC1=O. The van der Waals surface area contributed by atoms with E-state index in [-0.39, 0.29) is 45.8 Å². The molecule has 6 aliphatic rings. The van der Waals surface area contributed by atoms with Crippen molar-refractivity contribution in [1.82, 2.24) is 0 Å². The minimum atomic E-state index is -0.998. The van der Waals surface area contributed by atoms with E-state index in [1.807, 2.05) is 6.08 Å². The molecule has 35 heavy (non-hydrogen) atoms. The van der Waals surface area contributed by atoms with Crippen LogP contribution in [0.4, 0.5) is 0 Å². The van der Waals surface area contributed by atoms with Gasteiger partial charge in [-0.05, 0) is 73.2 Å². The highest BCUT2D eigenvalue weighted by Gasteiger charge is 2.75. The molecule has 1 N–H and O–H groups in total.